The maximum absolute atomic E-state index is 13.5. The van der Waals surface area contributed by atoms with Crippen molar-refractivity contribution in [1.82, 2.24) is 24.3 Å². The summed E-state index contributed by atoms with van der Waals surface area (Å²) in [5, 5.41) is 2.43. The van der Waals surface area contributed by atoms with E-state index in [-0.39, 0.29) is 29.0 Å². The second-order valence-corrected chi connectivity index (χ2v) is 12.5. The molecule has 2 fully saturated rings. The van der Waals surface area contributed by atoms with Gasteiger partial charge in [0.1, 0.15) is 28.7 Å². The van der Waals surface area contributed by atoms with Gasteiger partial charge >= 0.3 is 6.18 Å². The summed E-state index contributed by atoms with van der Waals surface area (Å²) in [6.45, 7) is 3.91. The van der Waals surface area contributed by atoms with Crippen LogP contribution in [0.4, 0.5) is 24.8 Å². The third kappa shape index (κ3) is 5.74. The number of nitrogen functional groups attached to an aromatic ring is 1. The Morgan fingerprint density at radius 3 is 2.46 bits per heavy atom. The number of hydrogen-bond donors (Lipinski definition) is 2. The molecule has 0 radical (unpaired) electrons. The number of pyridine rings is 1. The minimum atomic E-state index is -4.57. The molecule has 0 spiro atoms. The van der Waals surface area contributed by atoms with Gasteiger partial charge in [0.05, 0.1) is 36.1 Å². The van der Waals surface area contributed by atoms with Crippen molar-refractivity contribution in [3.8, 4) is 22.5 Å². The molecule has 0 aliphatic carbocycles. The van der Waals surface area contributed by atoms with E-state index in [1.807, 2.05) is 46.6 Å². The maximum Gasteiger partial charge on any atom is 0.416 e. The average molecular weight is 656 g/mol. The maximum atomic E-state index is 13.5. The smallest absolute Gasteiger partial charge is 0.382 e. The number of fused-ring (bicyclic) bond motifs is 1. The summed E-state index contributed by atoms with van der Waals surface area (Å²) in [7, 11) is 0. The van der Waals surface area contributed by atoms with Crippen molar-refractivity contribution in [1.29, 1.82) is 0 Å². The van der Waals surface area contributed by atoms with Gasteiger partial charge in [-0.1, -0.05) is 42.5 Å². The van der Waals surface area contributed by atoms with Crippen LogP contribution in [-0.2, 0) is 15.7 Å². The van der Waals surface area contributed by atoms with Gasteiger partial charge in [0, 0.05) is 41.9 Å². The van der Waals surface area contributed by atoms with Crippen LogP contribution >= 0.6 is 0 Å². The topological polar surface area (TPSA) is 128 Å². The molecular formula is C35H32F3N7O3. The van der Waals surface area contributed by atoms with Crippen molar-refractivity contribution in [2.24, 2.45) is 5.41 Å². The van der Waals surface area contributed by atoms with Crippen LogP contribution < -0.4 is 11.1 Å². The highest BCUT2D eigenvalue weighted by Gasteiger charge is 2.45. The van der Waals surface area contributed by atoms with Crippen LogP contribution in [0.3, 0.4) is 0 Å². The molecule has 1 atom stereocenters. The van der Waals surface area contributed by atoms with Gasteiger partial charge in [-0.2, -0.15) is 13.2 Å². The minimum absolute atomic E-state index is 0.0817. The van der Waals surface area contributed by atoms with Gasteiger partial charge < -0.3 is 20.7 Å². The van der Waals surface area contributed by atoms with Gasteiger partial charge in [-0.3, -0.25) is 14.0 Å². The number of carbonyl (C=O) groups excluding carboxylic acids is 2. The van der Waals surface area contributed by atoms with Crippen molar-refractivity contribution < 1.29 is 27.5 Å². The van der Waals surface area contributed by atoms with Crippen molar-refractivity contribution >= 4 is 29.0 Å². The highest BCUT2D eigenvalue weighted by molar-refractivity contribution is 6.04. The van der Waals surface area contributed by atoms with Crippen molar-refractivity contribution in [2.45, 2.75) is 31.9 Å². The van der Waals surface area contributed by atoms with Gasteiger partial charge in [-0.25, -0.2) is 15.0 Å². The molecular weight excluding hydrogens is 623 g/mol. The second kappa shape index (κ2) is 12.1. The molecule has 7 rings (SSSR count). The van der Waals surface area contributed by atoms with Crippen LogP contribution in [0.15, 0.2) is 79.1 Å². The molecule has 13 heteroatoms. The van der Waals surface area contributed by atoms with Gasteiger partial charge in [0.15, 0.2) is 0 Å². The molecule has 246 valence electrons. The summed E-state index contributed by atoms with van der Waals surface area (Å²) in [6.07, 6.45) is -0.227. The number of rotatable bonds is 6. The number of piperidine rings is 1. The second-order valence-electron chi connectivity index (χ2n) is 12.5. The molecule has 2 aliphatic heterocycles. The quantitative estimate of drug-likeness (QED) is 0.228. The Kier molecular flexibility index (Phi) is 7.86. The summed E-state index contributed by atoms with van der Waals surface area (Å²) in [5.41, 5.74) is 8.86. The highest BCUT2D eigenvalue weighted by Crippen LogP contribution is 2.39. The molecule has 2 aliphatic rings. The monoisotopic (exact) mass is 655 g/mol. The molecule has 10 nitrogen and oxygen atoms in total. The Hall–Kier alpha value is -5.30. The number of nitrogens with zero attached hydrogens (tertiary/aromatic N) is 5. The number of nitrogens with two attached hydrogens (primary N) is 1. The van der Waals surface area contributed by atoms with E-state index in [4.69, 9.17) is 15.5 Å². The third-order valence-electron chi connectivity index (χ3n) is 8.96. The zero-order valence-electron chi connectivity index (χ0n) is 26.0. The van der Waals surface area contributed by atoms with E-state index in [0.717, 1.165) is 48.3 Å². The van der Waals surface area contributed by atoms with Gasteiger partial charge in [-0.15, -0.1) is 0 Å². The SMILES string of the molecule is CC1(C(=O)N2CCC[C@@H](c3nc(-c4ccc(C(=O)Nc5cc(C(F)(F)F)ccn5)cc4)c4c(N)ncc(-c5ccccc5)n34)C2)COC1. The molecule has 3 N–H and O–H groups in total. The third-order valence-corrected chi connectivity index (χ3v) is 8.96. The number of benzene rings is 2. The number of carbonyl (C=O) groups is 2. The molecule has 5 aromatic rings. The van der Waals surface area contributed by atoms with E-state index >= 15 is 0 Å². The van der Waals surface area contributed by atoms with Crippen LogP contribution in [0.1, 0.15) is 47.4 Å². The highest BCUT2D eigenvalue weighted by atomic mass is 19.4. The number of hydrogen-bond acceptors (Lipinski definition) is 7. The number of alkyl halides is 3. The first-order chi connectivity index (χ1) is 23.0. The largest absolute Gasteiger partial charge is 0.416 e. The Morgan fingerprint density at radius 1 is 1.02 bits per heavy atom. The van der Waals surface area contributed by atoms with E-state index < -0.39 is 23.1 Å². The summed E-state index contributed by atoms with van der Waals surface area (Å²) in [5.74, 6) is 0.172. The van der Waals surface area contributed by atoms with Crippen LogP contribution in [-0.4, -0.2) is 62.4 Å². The standard InChI is InChI=1S/C35H32F3N7O3/c1-34(19-48-20-34)33(47)44-15-5-8-24(18-44)31-43-28(29-30(39)41-17-26(45(29)31)21-6-3-2-4-7-21)22-9-11-23(12-10-22)32(46)42-27-16-25(13-14-40-27)35(36,37)38/h2-4,6-7,9-14,16-17,24H,5,8,15,18-20H2,1H3,(H2,39,41)(H,40,42,46)/t24-/m1/s1. The van der Waals surface area contributed by atoms with E-state index in [2.05, 4.69) is 15.3 Å². The lowest BCUT2D eigenvalue weighted by Crippen LogP contribution is -2.55. The fourth-order valence-electron chi connectivity index (χ4n) is 6.38. The van der Waals surface area contributed by atoms with E-state index in [9.17, 15) is 22.8 Å². The van der Waals surface area contributed by atoms with Crippen LogP contribution in [0, 0.1) is 5.41 Å². The Bertz CT molecular complexity index is 2010. The van der Waals surface area contributed by atoms with E-state index in [0.29, 0.717) is 43.1 Å². The van der Waals surface area contributed by atoms with Gasteiger partial charge in [0.25, 0.3) is 5.91 Å². The number of ether oxygens (including phenoxy) is 1. The lowest BCUT2D eigenvalue weighted by Gasteiger charge is -2.42. The normalized spacial score (nSPS) is 17.6. The summed E-state index contributed by atoms with van der Waals surface area (Å²) >= 11 is 0. The molecule has 48 heavy (non-hydrogen) atoms. The predicted molar refractivity (Wildman–Crippen MR) is 173 cm³/mol. The summed E-state index contributed by atoms with van der Waals surface area (Å²) in [4.78, 5) is 41.9. The fraction of sp³-hybridized carbons (Fsp3) is 0.286. The first kappa shape index (κ1) is 31.3. The zero-order chi connectivity index (χ0) is 33.6. The van der Waals surface area contributed by atoms with Crippen LogP contribution in [0.5, 0.6) is 0 Å². The van der Waals surface area contributed by atoms with Gasteiger partial charge in [-0.05, 0) is 44.0 Å². The van der Waals surface area contributed by atoms with Crippen molar-refractivity contribution in [3.63, 3.8) is 0 Å². The minimum Gasteiger partial charge on any atom is -0.382 e. The molecule has 3 aromatic heterocycles. The Balaban J connectivity index is 1.26. The number of halogens is 3. The van der Waals surface area contributed by atoms with Crippen molar-refractivity contribution in [3.05, 3.63) is 96.1 Å². The predicted octanol–water partition coefficient (Wildman–Crippen LogP) is 6.05. The molecule has 0 bridgehead atoms. The van der Waals surface area contributed by atoms with Gasteiger partial charge in [0.2, 0.25) is 5.91 Å². The average Bonchev–Trinajstić information content (AvgIpc) is 3.49. The molecule has 2 amide bonds. The summed E-state index contributed by atoms with van der Waals surface area (Å²) in [6, 6.07) is 18.0. The molecule has 2 aromatic carbocycles. The molecule has 2 saturated heterocycles. The number of amides is 2. The van der Waals surface area contributed by atoms with Crippen LogP contribution in [0.2, 0.25) is 0 Å². The number of aromatic nitrogens is 4. The molecule has 0 unspecified atom stereocenters. The fourth-order valence-corrected chi connectivity index (χ4v) is 6.38. The Morgan fingerprint density at radius 2 is 1.77 bits per heavy atom. The number of anilines is 2. The lowest BCUT2D eigenvalue weighted by atomic mass is 9.85. The summed E-state index contributed by atoms with van der Waals surface area (Å²) < 4.78 is 46.8. The number of nitrogens with one attached hydrogen (secondary N) is 1. The Labute approximate surface area is 273 Å². The van der Waals surface area contributed by atoms with Crippen LogP contribution in [0.25, 0.3) is 28.0 Å². The number of imidazole rings is 1. The van der Waals surface area contributed by atoms with E-state index in [1.54, 1.807) is 30.5 Å². The molecule has 5 heterocycles. The van der Waals surface area contributed by atoms with Crippen molar-refractivity contribution in [2.75, 3.05) is 37.4 Å². The first-order valence-corrected chi connectivity index (χ1v) is 15.6. The number of likely N-dealkylation sites (tertiary alicyclic amines) is 1. The van der Waals surface area contributed by atoms with E-state index in [1.165, 1.54) is 0 Å². The zero-order valence-corrected chi connectivity index (χ0v) is 26.0. The lowest BCUT2D eigenvalue weighted by molar-refractivity contribution is -0.170. The molecule has 0 saturated carbocycles. The first-order valence-electron chi connectivity index (χ1n) is 15.6.